The number of nitrogens with zero attached hydrogens (tertiary/aromatic N) is 1. The van der Waals surface area contributed by atoms with E-state index < -0.39 is 17.7 Å². The fraction of sp³-hybridized carbons (Fsp3) is 0.0909. The number of amides is 1. The van der Waals surface area contributed by atoms with Gasteiger partial charge in [0.05, 0.1) is 29.3 Å². The van der Waals surface area contributed by atoms with Gasteiger partial charge in [0, 0.05) is 0 Å². The number of carbonyl (C=O) groups excluding carboxylic acids is 2. The maximum atomic E-state index is 13.2. The standard InChI is InChI=1S/C22H17NO4S/c1-27-16-11-6-5-10-15(16)23-19(14-8-3-2-4-9-14)18(21(25)22(23)26)20(24)17-12-7-13-28-17/h2-13,19,25H,1H3. The molecule has 2 heterocycles. The molecular weight excluding hydrogens is 374 g/mol. The van der Waals surface area contributed by atoms with Crippen molar-refractivity contribution in [2.45, 2.75) is 6.04 Å². The van der Waals surface area contributed by atoms with Crippen molar-refractivity contribution in [2.24, 2.45) is 0 Å². The van der Waals surface area contributed by atoms with Crippen LogP contribution in [-0.2, 0) is 4.79 Å². The van der Waals surface area contributed by atoms with Gasteiger partial charge in [-0.3, -0.25) is 14.5 Å². The third kappa shape index (κ3) is 2.88. The molecule has 1 N–H and O–H groups in total. The number of para-hydroxylation sites is 2. The highest BCUT2D eigenvalue weighted by molar-refractivity contribution is 7.12. The SMILES string of the molecule is COc1ccccc1N1C(=O)C(O)=C(C(=O)c2cccs2)C1c1ccccc1. The summed E-state index contributed by atoms with van der Waals surface area (Å²) in [5.74, 6) is -1.03. The summed E-state index contributed by atoms with van der Waals surface area (Å²) < 4.78 is 5.42. The molecule has 4 rings (SSSR count). The number of ether oxygens (including phenoxy) is 1. The van der Waals surface area contributed by atoms with Gasteiger partial charge < -0.3 is 9.84 Å². The highest BCUT2D eigenvalue weighted by Crippen LogP contribution is 2.44. The van der Waals surface area contributed by atoms with Crippen LogP contribution in [0, 0.1) is 0 Å². The Bertz CT molecular complexity index is 1060. The number of anilines is 1. The lowest BCUT2D eigenvalue weighted by Crippen LogP contribution is -2.31. The Labute approximate surface area is 166 Å². The largest absolute Gasteiger partial charge is 0.503 e. The molecular formula is C22H17NO4S. The molecule has 0 aliphatic carbocycles. The molecule has 0 bridgehead atoms. The minimum atomic E-state index is -0.750. The molecule has 5 nitrogen and oxygen atoms in total. The van der Waals surface area contributed by atoms with Crippen molar-refractivity contribution in [3.05, 3.63) is 93.9 Å². The molecule has 1 unspecified atom stereocenters. The highest BCUT2D eigenvalue weighted by atomic mass is 32.1. The molecule has 3 aromatic rings. The Morgan fingerprint density at radius 3 is 2.43 bits per heavy atom. The number of rotatable bonds is 5. The first-order valence-corrected chi connectivity index (χ1v) is 9.54. The van der Waals surface area contributed by atoms with Crippen molar-refractivity contribution in [1.29, 1.82) is 0 Å². The van der Waals surface area contributed by atoms with E-state index in [0.717, 1.165) is 5.56 Å². The Balaban J connectivity index is 1.91. The first-order valence-electron chi connectivity index (χ1n) is 8.66. The lowest BCUT2D eigenvalue weighted by atomic mass is 9.95. The van der Waals surface area contributed by atoms with E-state index in [2.05, 4.69) is 0 Å². The zero-order valence-corrected chi connectivity index (χ0v) is 15.8. The van der Waals surface area contributed by atoms with E-state index in [9.17, 15) is 14.7 Å². The minimum absolute atomic E-state index is 0.0737. The van der Waals surface area contributed by atoms with E-state index in [1.165, 1.54) is 23.3 Å². The molecule has 1 atom stereocenters. The number of ketones is 1. The van der Waals surface area contributed by atoms with Gasteiger partial charge in [-0.05, 0) is 29.1 Å². The van der Waals surface area contributed by atoms with Crippen LogP contribution in [0.15, 0.2) is 83.4 Å². The summed E-state index contributed by atoms with van der Waals surface area (Å²) in [6, 6.07) is 19.0. The van der Waals surface area contributed by atoms with Crippen molar-refractivity contribution in [1.82, 2.24) is 0 Å². The second kappa shape index (κ2) is 7.32. The normalized spacial score (nSPS) is 16.5. The summed E-state index contributed by atoms with van der Waals surface area (Å²) in [6.07, 6.45) is 0. The van der Waals surface area contributed by atoms with Gasteiger partial charge in [-0.25, -0.2) is 0 Å². The number of Topliss-reactive ketones (excluding diaryl/α,β-unsaturated/α-hetero) is 1. The van der Waals surface area contributed by atoms with E-state index in [1.54, 1.807) is 41.8 Å². The summed E-state index contributed by atoms with van der Waals surface area (Å²) in [5.41, 5.74) is 1.29. The third-order valence-electron chi connectivity index (χ3n) is 4.66. The van der Waals surface area contributed by atoms with Crippen molar-refractivity contribution in [3.63, 3.8) is 0 Å². The number of aliphatic hydroxyl groups is 1. The molecule has 0 fully saturated rings. The lowest BCUT2D eigenvalue weighted by molar-refractivity contribution is -0.117. The molecule has 140 valence electrons. The van der Waals surface area contributed by atoms with Gasteiger partial charge in [0.2, 0.25) is 5.78 Å². The molecule has 1 amide bonds. The van der Waals surface area contributed by atoms with Gasteiger partial charge in [0.25, 0.3) is 5.91 Å². The summed E-state index contributed by atoms with van der Waals surface area (Å²) in [6.45, 7) is 0. The van der Waals surface area contributed by atoms with Crippen molar-refractivity contribution in [3.8, 4) is 5.75 Å². The molecule has 1 aliphatic rings. The average Bonchev–Trinajstić information content (AvgIpc) is 3.36. The third-order valence-corrected chi connectivity index (χ3v) is 5.53. The molecule has 6 heteroatoms. The topological polar surface area (TPSA) is 66.8 Å². The van der Waals surface area contributed by atoms with Gasteiger partial charge in [-0.15, -0.1) is 11.3 Å². The maximum absolute atomic E-state index is 13.2. The lowest BCUT2D eigenvalue weighted by Gasteiger charge is -2.28. The Morgan fingerprint density at radius 2 is 1.75 bits per heavy atom. The number of carbonyl (C=O) groups is 2. The van der Waals surface area contributed by atoms with Crippen LogP contribution in [0.3, 0.4) is 0 Å². The molecule has 0 saturated carbocycles. The van der Waals surface area contributed by atoms with Crippen LogP contribution in [0.4, 0.5) is 5.69 Å². The smallest absolute Gasteiger partial charge is 0.294 e. The van der Waals surface area contributed by atoms with Crippen LogP contribution in [0.5, 0.6) is 5.75 Å². The summed E-state index contributed by atoms with van der Waals surface area (Å²) in [4.78, 5) is 28.1. The van der Waals surface area contributed by atoms with Crippen LogP contribution in [0.2, 0.25) is 0 Å². The summed E-state index contributed by atoms with van der Waals surface area (Å²) in [7, 11) is 1.52. The molecule has 1 aromatic heterocycles. The first-order chi connectivity index (χ1) is 13.6. The Morgan fingerprint density at radius 1 is 1.04 bits per heavy atom. The van der Waals surface area contributed by atoms with Gasteiger partial charge in [-0.2, -0.15) is 0 Å². The average molecular weight is 391 g/mol. The number of methoxy groups -OCH3 is 1. The van der Waals surface area contributed by atoms with Crippen LogP contribution in [0.25, 0.3) is 0 Å². The quantitative estimate of drug-likeness (QED) is 0.649. The van der Waals surface area contributed by atoms with Gasteiger partial charge >= 0.3 is 0 Å². The molecule has 28 heavy (non-hydrogen) atoms. The minimum Gasteiger partial charge on any atom is -0.503 e. The fourth-order valence-electron chi connectivity index (χ4n) is 3.41. The molecule has 0 radical (unpaired) electrons. The van der Waals surface area contributed by atoms with Crippen LogP contribution < -0.4 is 9.64 Å². The number of hydrogen-bond acceptors (Lipinski definition) is 5. The van der Waals surface area contributed by atoms with E-state index >= 15 is 0 Å². The second-order valence-electron chi connectivity index (χ2n) is 6.23. The zero-order valence-electron chi connectivity index (χ0n) is 15.0. The molecule has 1 aliphatic heterocycles. The van der Waals surface area contributed by atoms with Crippen LogP contribution in [0.1, 0.15) is 21.3 Å². The monoisotopic (exact) mass is 391 g/mol. The van der Waals surface area contributed by atoms with E-state index in [1.807, 2.05) is 30.3 Å². The van der Waals surface area contributed by atoms with E-state index in [-0.39, 0.29) is 11.4 Å². The van der Waals surface area contributed by atoms with Gasteiger partial charge in [0.1, 0.15) is 5.75 Å². The number of thiophene rings is 1. The second-order valence-corrected chi connectivity index (χ2v) is 7.18. The van der Waals surface area contributed by atoms with Crippen LogP contribution >= 0.6 is 11.3 Å². The van der Waals surface area contributed by atoms with Crippen LogP contribution in [-0.4, -0.2) is 23.9 Å². The van der Waals surface area contributed by atoms with Crippen molar-refractivity contribution in [2.75, 3.05) is 12.0 Å². The number of aliphatic hydroxyl groups excluding tert-OH is 1. The fourth-order valence-corrected chi connectivity index (χ4v) is 4.08. The summed E-state index contributed by atoms with van der Waals surface area (Å²) >= 11 is 1.27. The Kier molecular flexibility index (Phi) is 4.71. The number of hydrogen-bond donors (Lipinski definition) is 1. The Hall–Kier alpha value is -3.38. The molecule has 2 aromatic carbocycles. The number of benzene rings is 2. The zero-order chi connectivity index (χ0) is 19.7. The van der Waals surface area contributed by atoms with Crippen molar-refractivity contribution >= 4 is 28.7 Å². The van der Waals surface area contributed by atoms with Crippen molar-refractivity contribution < 1.29 is 19.4 Å². The first kappa shape index (κ1) is 18.0. The van der Waals surface area contributed by atoms with Gasteiger partial charge in [0.15, 0.2) is 5.76 Å². The maximum Gasteiger partial charge on any atom is 0.294 e. The summed E-state index contributed by atoms with van der Waals surface area (Å²) in [5, 5.41) is 12.5. The van der Waals surface area contributed by atoms with E-state index in [0.29, 0.717) is 16.3 Å². The predicted octanol–water partition coefficient (Wildman–Crippen LogP) is 4.54. The van der Waals surface area contributed by atoms with Gasteiger partial charge in [-0.1, -0.05) is 48.5 Å². The highest BCUT2D eigenvalue weighted by Gasteiger charge is 2.45. The molecule has 0 saturated heterocycles. The molecule has 0 spiro atoms. The van der Waals surface area contributed by atoms with E-state index in [4.69, 9.17) is 4.74 Å². The predicted molar refractivity (Wildman–Crippen MR) is 108 cm³/mol.